The minimum Gasteiger partial charge on any atom is -0.443 e. The summed E-state index contributed by atoms with van der Waals surface area (Å²) in [5.41, 5.74) is 7.34. The van der Waals surface area contributed by atoms with Gasteiger partial charge in [0.15, 0.2) is 11.5 Å². The molecule has 1 saturated heterocycles. The Balaban J connectivity index is 1.39. The summed E-state index contributed by atoms with van der Waals surface area (Å²) in [6.45, 7) is -0.737. The predicted molar refractivity (Wildman–Crippen MR) is 113 cm³/mol. The number of hydrogen-bond acceptors (Lipinski definition) is 3. The number of rotatable bonds is 3. The van der Waals surface area contributed by atoms with Gasteiger partial charge in [-0.15, -0.1) is 0 Å². The predicted octanol–water partition coefficient (Wildman–Crippen LogP) is 4.30. The van der Waals surface area contributed by atoms with E-state index in [0.29, 0.717) is 24.4 Å². The van der Waals surface area contributed by atoms with E-state index in [2.05, 4.69) is 11.8 Å². The summed E-state index contributed by atoms with van der Waals surface area (Å²) in [4.78, 5) is 14.6. The zero-order valence-electron chi connectivity index (χ0n) is 18.4. The van der Waals surface area contributed by atoms with E-state index >= 15 is 0 Å². The van der Waals surface area contributed by atoms with Gasteiger partial charge < -0.3 is 15.1 Å². The molecule has 1 amide bonds. The second kappa shape index (κ2) is 8.98. The third-order valence-corrected chi connectivity index (χ3v) is 5.32. The van der Waals surface area contributed by atoms with Crippen molar-refractivity contribution >= 4 is 5.91 Å². The lowest BCUT2D eigenvalue weighted by atomic mass is 9.88. The summed E-state index contributed by atoms with van der Waals surface area (Å²) < 4.78 is 34.7. The lowest BCUT2D eigenvalue weighted by Crippen LogP contribution is -2.37. The molecular weight excluding hydrogens is 379 g/mol. The number of nitrogens with zero attached hydrogens (tertiary/aromatic N) is 1. The number of hydrogen-bond donors (Lipinski definition) is 1. The third kappa shape index (κ3) is 4.45. The molecule has 1 fully saturated rings. The van der Waals surface area contributed by atoms with Gasteiger partial charge in [0.1, 0.15) is 5.82 Å². The van der Waals surface area contributed by atoms with Crippen molar-refractivity contribution < 1.29 is 16.3 Å². The van der Waals surface area contributed by atoms with Crippen molar-refractivity contribution in [2.24, 2.45) is 5.73 Å². The molecule has 0 unspecified atom stereocenters. The summed E-state index contributed by atoms with van der Waals surface area (Å²) in [6, 6.07) is 16.7. The van der Waals surface area contributed by atoms with Crippen LogP contribution in [0.1, 0.15) is 54.5 Å². The van der Waals surface area contributed by atoms with Gasteiger partial charge in [-0.05, 0) is 60.1 Å². The van der Waals surface area contributed by atoms with Gasteiger partial charge in [0.05, 0.1) is 5.56 Å². The van der Waals surface area contributed by atoms with E-state index in [9.17, 15) is 9.18 Å². The van der Waals surface area contributed by atoms with Crippen LogP contribution in [0.2, 0.25) is 0 Å². The fourth-order valence-electron chi connectivity index (χ4n) is 3.67. The van der Waals surface area contributed by atoms with Crippen LogP contribution in [-0.2, 0) is 6.50 Å². The average molecular weight is 404 g/mol. The molecule has 5 heteroatoms. The standard InChI is InChI=1S/C25H23FN2O2/c26-23-7-2-1-5-20(23)8-9-22-10-11-24(30-22)25(29)28-14-12-19(13-15-28)21-6-3-4-18(16-21)17-27/h1-7,10-11,16,19H,12-15,17,27H2/i17D2. The van der Waals surface area contributed by atoms with E-state index in [0.717, 1.165) is 18.4 Å². The molecule has 0 spiro atoms. The van der Waals surface area contributed by atoms with E-state index in [1.54, 1.807) is 41.3 Å². The van der Waals surface area contributed by atoms with E-state index in [-0.39, 0.29) is 23.1 Å². The minimum atomic E-state index is -1.88. The number of amides is 1. The van der Waals surface area contributed by atoms with Gasteiger partial charge in [0.2, 0.25) is 0 Å². The Morgan fingerprint density at radius 2 is 1.93 bits per heavy atom. The smallest absolute Gasteiger partial charge is 0.289 e. The van der Waals surface area contributed by atoms with Crippen LogP contribution in [0.4, 0.5) is 4.39 Å². The molecule has 0 bridgehead atoms. The van der Waals surface area contributed by atoms with Crippen LogP contribution in [0.15, 0.2) is 65.1 Å². The van der Waals surface area contributed by atoms with Crippen molar-refractivity contribution in [2.75, 3.05) is 13.1 Å². The van der Waals surface area contributed by atoms with E-state index in [1.165, 1.54) is 6.07 Å². The van der Waals surface area contributed by atoms with Crippen LogP contribution in [0.5, 0.6) is 0 Å². The van der Waals surface area contributed by atoms with Gasteiger partial charge in [0.25, 0.3) is 5.91 Å². The summed E-state index contributed by atoms with van der Waals surface area (Å²) in [7, 11) is 0. The Morgan fingerprint density at radius 1 is 1.13 bits per heavy atom. The van der Waals surface area contributed by atoms with Gasteiger partial charge in [0, 0.05) is 22.3 Å². The zero-order valence-corrected chi connectivity index (χ0v) is 16.4. The molecule has 1 aromatic heterocycles. The van der Waals surface area contributed by atoms with Crippen LogP contribution in [0.25, 0.3) is 0 Å². The number of nitrogens with two attached hydrogens (primary N) is 1. The molecule has 152 valence electrons. The number of carbonyl (C=O) groups is 1. The summed E-state index contributed by atoms with van der Waals surface area (Å²) in [5.74, 6) is 5.62. The highest BCUT2D eigenvalue weighted by molar-refractivity contribution is 5.91. The van der Waals surface area contributed by atoms with Gasteiger partial charge in [-0.25, -0.2) is 4.39 Å². The molecule has 4 rings (SSSR count). The van der Waals surface area contributed by atoms with Crippen molar-refractivity contribution in [1.82, 2.24) is 4.90 Å². The Bertz CT molecular complexity index is 1180. The second-order valence-electron chi connectivity index (χ2n) is 7.23. The summed E-state index contributed by atoms with van der Waals surface area (Å²) >= 11 is 0. The van der Waals surface area contributed by atoms with Gasteiger partial charge in [-0.3, -0.25) is 4.79 Å². The van der Waals surface area contributed by atoms with Crippen LogP contribution < -0.4 is 5.73 Å². The van der Waals surface area contributed by atoms with Crippen molar-refractivity contribution in [3.05, 3.63) is 94.7 Å². The lowest BCUT2D eigenvalue weighted by molar-refractivity contribution is 0.0680. The first-order valence-corrected chi connectivity index (χ1v) is 9.86. The van der Waals surface area contributed by atoms with E-state index in [4.69, 9.17) is 12.9 Å². The molecule has 0 aliphatic carbocycles. The van der Waals surface area contributed by atoms with Crippen LogP contribution in [-0.4, -0.2) is 23.9 Å². The molecule has 2 heterocycles. The first kappa shape index (κ1) is 17.5. The Labute approximate surface area is 178 Å². The van der Waals surface area contributed by atoms with Crippen molar-refractivity contribution in [3.63, 3.8) is 0 Å². The Morgan fingerprint density at radius 3 is 2.70 bits per heavy atom. The number of benzene rings is 2. The van der Waals surface area contributed by atoms with Crippen LogP contribution in [0, 0.1) is 17.7 Å². The monoisotopic (exact) mass is 404 g/mol. The fourth-order valence-corrected chi connectivity index (χ4v) is 3.67. The molecule has 30 heavy (non-hydrogen) atoms. The summed E-state index contributed by atoms with van der Waals surface area (Å²) in [5, 5.41) is 0. The molecule has 0 saturated carbocycles. The van der Waals surface area contributed by atoms with Crippen LogP contribution >= 0.6 is 0 Å². The minimum absolute atomic E-state index is 0.200. The maximum absolute atomic E-state index is 13.7. The maximum Gasteiger partial charge on any atom is 0.289 e. The normalized spacial score (nSPS) is 15.7. The molecule has 2 N–H and O–H groups in total. The van der Waals surface area contributed by atoms with Crippen molar-refractivity contribution in [3.8, 4) is 11.8 Å². The molecule has 1 aliphatic rings. The second-order valence-corrected chi connectivity index (χ2v) is 7.23. The molecule has 0 atom stereocenters. The molecule has 3 aromatic rings. The Hall–Kier alpha value is -3.36. The topological polar surface area (TPSA) is 59.5 Å². The molecule has 4 nitrogen and oxygen atoms in total. The molecule has 0 radical (unpaired) electrons. The van der Waals surface area contributed by atoms with Gasteiger partial charge in [-0.1, -0.05) is 42.3 Å². The Kier molecular flexibility index (Phi) is 5.24. The number of likely N-dealkylation sites (tertiary alicyclic amines) is 1. The molecule has 2 aromatic carbocycles. The highest BCUT2D eigenvalue weighted by Crippen LogP contribution is 2.29. The van der Waals surface area contributed by atoms with Crippen molar-refractivity contribution in [1.29, 1.82) is 0 Å². The SMILES string of the molecule is [2H]C([2H])(N)c1cccc(C2CCN(C(=O)c3ccc(C#Cc4ccccc4F)o3)CC2)c1. The quantitative estimate of drug-likeness (QED) is 0.662. The van der Waals surface area contributed by atoms with Gasteiger partial charge >= 0.3 is 0 Å². The van der Waals surface area contributed by atoms with Gasteiger partial charge in [-0.2, -0.15) is 0 Å². The molecular formula is C25H23FN2O2. The van der Waals surface area contributed by atoms with E-state index in [1.807, 2.05) is 18.2 Å². The number of furan rings is 1. The van der Waals surface area contributed by atoms with Crippen molar-refractivity contribution in [2.45, 2.75) is 25.3 Å². The first-order valence-electron chi connectivity index (χ1n) is 10.9. The lowest BCUT2D eigenvalue weighted by Gasteiger charge is -2.31. The van der Waals surface area contributed by atoms with Crippen LogP contribution in [0.3, 0.4) is 0 Å². The largest absolute Gasteiger partial charge is 0.443 e. The third-order valence-electron chi connectivity index (χ3n) is 5.32. The number of piperidine rings is 1. The highest BCUT2D eigenvalue weighted by Gasteiger charge is 2.26. The number of halogens is 1. The fraction of sp³-hybridized carbons (Fsp3) is 0.240. The maximum atomic E-state index is 13.7. The molecule has 1 aliphatic heterocycles. The first-order chi connectivity index (χ1) is 15.3. The average Bonchev–Trinajstić information content (AvgIpc) is 3.27. The van der Waals surface area contributed by atoms with E-state index < -0.39 is 12.3 Å². The highest BCUT2D eigenvalue weighted by atomic mass is 19.1. The zero-order chi connectivity index (χ0) is 22.7. The number of carbonyl (C=O) groups excluding carboxylic acids is 1. The summed E-state index contributed by atoms with van der Waals surface area (Å²) in [6.07, 6.45) is 1.53.